The van der Waals surface area contributed by atoms with Crippen molar-refractivity contribution in [1.82, 2.24) is 0 Å². The normalized spacial score (nSPS) is 10.9. The number of nitrogens with one attached hydrogen (secondary N) is 1. The van der Waals surface area contributed by atoms with Crippen molar-refractivity contribution in [3.63, 3.8) is 0 Å². The number of hydrogen-bond donors (Lipinski definition) is 1. The monoisotopic (exact) mass is 223 g/mol. The second-order valence-electron chi connectivity index (χ2n) is 4.50. The topological polar surface area (TPSA) is 29.1 Å². The van der Waals surface area contributed by atoms with Gasteiger partial charge in [0.1, 0.15) is 5.82 Å². The molecule has 0 unspecified atom stereocenters. The van der Waals surface area contributed by atoms with Crippen LogP contribution >= 0.6 is 0 Å². The third-order valence-corrected chi connectivity index (χ3v) is 2.63. The van der Waals surface area contributed by atoms with Gasteiger partial charge in [-0.1, -0.05) is 33.8 Å². The molecule has 0 atom stereocenters. The Labute approximate surface area is 95.9 Å². The van der Waals surface area contributed by atoms with Crippen molar-refractivity contribution in [2.75, 3.05) is 5.32 Å². The maximum absolute atomic E-state index is 13.7. The molecule has 0 bridgehead atoms. The molecule has 0 spiro atoms. The number of benzene rings is 1. The average molecular weight is 223 g/mol. The molecule has 1 aromatic rings. The van der Waals surface area contributed by atoms with Gasteiger partial charge in [0, 0.05) is 5.56 Å². The summed E-state index contributed by atoms with van der Waals surface area (Å²) in [5, 5.41) is 2.63. The van der Waals surface area contributed by atoms with E-state index in [0.717, 1.165) is 5.56 Å². The molecule has 3 heteroatoms. The van der Waals surface area contributed by atoms with Crippen LogP contribution in [0.15, 0.2) is 12.1 Å². The lowest BCUT2D eigenvalue weighted by Gasteiger charge is -2.19. The smallest absolute Gasteiger partial charge is 0.211 e. The highest BCUT2D eigenvalue weighted by Crippen LogP contribution is 2.33. The molecule has 0 aliphatic carbocycles. The second kappa shape index (κ2) is 5.10. The Kier molecular flexibility index (Phi) is 4.05. The van der Waals surface area contributed by atoms with Gasteiger partial charge in [-0.05, 0) is 23.5 Å². The van der Waals surface area contributed by atoms with E-state index in [0.29, 0.717) is 17.7 Å². The lowest BCUT2D eigenvalue weighted by molar-refractivity contribution is -0.105. The van der Waals surface area contributed by atoms with Crippen LogP contribution in [-0.2, 0) is 4.79 Å². The van der Waals surface area contributed by atoms with Gasteiger partial charge in [0.2, 0.25) is 6.41 Å². The molecule has 0 aliphatic rings. The number of halogens is 1. The minimum atomic E-state index is -0.260. The van der Waals surface area contributed by atoms with Crippen LogP contribution in [0.4, 0.5) is 10.1 Å². The largest absolute Gasteiger partial charge is 0.328 e. The third-order valence-electron chi connectivity index (χ3n) is 2.63. The molecular formula is C13H18FNO. The molecule has 1 aromatic carbocycles. The van der Waals surface area contributed by atoms with E-state index in [1.54, 1.807) is 6.07 Å². The van der Waals surface area contributed by atoms with Gasteiger partial charge >= 0.3 is 0 Å². The lowest BCUT2D eigenvalue weighted by Crippen LogP contribution is -2.07. The zero-order chi connectivity index (χ0) is 12.3. The van der Waals surface area contributed by atoms with Crippen molar-refractivity contribution in [1.29, 1.82) is 0 Å². The van der Waals surface area contributed by atoms with Gasteiger partial charge in [0.25, 0.3) is 0 Å². The minimum Gasteiger partial charge on any atom is -0.328 e. The van der Waals surface area contributed by atoms with Crippen molar-refractivity contribution in [2.24, 2.45) is 0 Å². The maximum Gasteiger partial charge on any atom is 0.211 e. The number of amides is 1. The van der Waals surface area contributed by atoms with Gasteiger partial charge in [0.05, 0.1) is 5.69 Å². The van der Waals surface area contributed by atoms with Crippen molar-refractivity contribution >= 4 is 12.1 Å². The Bertz CT molecular complexity index is 386. The fourth-order valence-corrected chi connectivity index (χ4v) is 1.88. The van der Waals surface area contributed by atoms with Crippen molar-refractivity contribution < 1.29 is 9.18 Å². The van der Waals surface area contributed by atoms with Crippen molar-refractivity contribution in [3.8, 4) is 0 Å². The summed E-state index contributed by atoms with van der Waals surface area (Å²) in [6.45, 7) is 7.87. The molecule has 0 aliphatic heterocycles. The minimum absolute atomic E-state index is 0.0427. The molecule has 1 amide bonds. The van der Waals surface area contributed by atoms with E-state index in [-0.39, 0.29) is 17.7 Å². The fourth-order valence-electron chi connectivity index (χ4n) is 1.88. The first kappa shape index (κ1) is 12.7. The van der Waals surface area contributed by atoms with Gasteiger partial charge in [-0.25, -0.2) is 4.39 Å². The first-order valence-electron chi connectivity index (χ1n) is 5.51. The molecule has 0 radical (unpaired) electrons. The molecular weight excluding hydrogens is 205 g/mol. The van der Waals surface area contributed by atoms with Gasteiger partial charge in [-0.3, -0.25) is 4.79 Å². The first-order chi connectivity index (χ1) is 7.49. The summed E-state index contributed by atoms with van der Waals surface area (Å²) in [4.78, 5) is 10.6. The van der Waals surface area contributed by atoms with E-state index in [1.165, 1.54) is 6.07 Å². The first-order valence-corrected chi connectivity index (χ1v) is 5.51. The Morgan fingerprint density at radius 3 is 2.25 bits per heavy atom. The molecule has 0 heterocycles. The van der Waals surface area contributed by atoms with Crippen LogP contribution in [0, 0.1) is 5.82 Å². The highest BCUT2D eigenvalue weighted by molar-refractivity contribution is 5.76. The molecule has 16 heavy (non-hydrogen) atoms. The summed E-state index contributed by atoms with van der Waals surface area (Å²) < 4.78 is 13.7. The van der Waals surface area contributed by atoms with Gasteiger partial charge in [-0.2, -0.15) is 0 Å². The number of carbonyl (C=O) groups is 1. The van der Waals surface area contributed by atoms with Crippen LogP contribution in [0.5, 0.6) is 0 Å². The van der Waals surface area contributed by atoms with Crippen LogP contribution in [0.3, 0.4) is 0 Å². The molecule has 0 aromatic heterocycles. The van der Waals surface area contributed by atoms with E-state index < -0.39 is 0 Å². The van der Waals surface area contributed by atoms with Crippen LogP contribution < -0.4 is 5.32 Å². The standard InChI is InChI=1S/C13H18FNO/c1-8(2)10-5-6-11(14)12(9(3)4)13(10)15-7-16/h5-9H,1-4H3,(H,15,16). The van der Waals surface area contributed by atoms with Gasteiger partial charge in [-0.15, -0.1) is 0 Å². The van der Waals surface area contributed by atoms with Crippen molar-refractivity contribution in [2.45, 2.75) is 39.5 Å². The SMILES string of the molecule is CC(C)c1ccc(F)c(C(C)C)c1NC=O. The molecule has 0 fully saturated rings. The highest BCUT2D eigenvalue weighted by atomic mass is 19.1. The molecule has 1 N–H and O–H groups in total. The van der Waals surface area contributed by atoms with E-state index >= 15 is 0 Å². The van der Waals surface area contributed by atoms with E-state index in [1.807, 2.05) is 27.7 Å². The summed E-state index contributed by atoms with van der Waals surface area (Å²) in [5.41, 5.74) is 2.18. The Balaban J connectivity index is 3.42. The van der Waals surface area contributed by atoms with E-state index in [9.17, 15) is 9.18 Å². The van der Waals surface area contributed by atoms with Crippen LogP contribution in [-0.4, -0.2) is 6.41 Å². The quantitative estimate of drug-likeness (QED) is 0.776. The summed E-state index contributed by atoms with van der Waals surface area (Å²) in [6, 6.07) is 3.21. The predicted octanol–water partition coefficient (Wildman–Crippen LogP) is 3.64. The fraction of sp³-hybridized carbons (Fsp3) is 0.462. The lowest BCUT2D eigenvalue weighted by atomic mass is 9.92. The number of carbonyl (C=O) groups excluding carboxylic acids is 1. The van der Waals surface area contributed by atoms with E-state index in [4.69, 9.17) is 0 Å². The molecule has 1 rings (SSSR count). The predicted molar refractivity (Wildman–Crippen MR) is 64.3 cm³/mol. The molecule has 2 nitrogen and oxygen atoms in total. The van der Waals surface area contributed by atoms with Gasteiger partial charge < -0.3 is 5.32 Å². The summed E-state index contributed by atoms with van der Waals surface area (Å²) >= 11 is 0. The molecule has 0 saturated carbocycles. The van der Waals surface area contributed by atoms with Crippen LogP contribution in [0.2, 0.25) is 0 Å². The third kappa shape index (κ3) is 2.40. The average Bonchev–Trinajstić information content (AvgIpc) is 2.17. The Hall–Kier alpha value is -1.38. The van der Waals surface area contributed by atoms with E-state index in [2.05, 4.69) is 5.32 Å². The van der Waals surface area contributed by atoms with Gasteiger partial charge in [0.15, 0.2) is 0 Å². The molecule has 0 saturated heterocycles. The number of anilines is 1. The molecule has 88 valence electrons. The van der Waals surface area contributed by atoms with Crippen LogP contribution in [0.1, 0.15) is 50.7 Å². The number of rotatable bonds is 4. The summed E-state index contributed by atoms with van der Waals surface area (Å²) in [6.07, 6.45) is 0.604. The summed E-state index contributed by atoms with van der Waals surface area (Å²) in [5.74, 6) is 0.0328. The number of hydrogen-bond acceptors (Lipinski definition) is 1. The Morgan fingerprint density at radius 2 is 1.81 bits per heavy atom. The van der Waals surface area contributed by atoms with Crippen LogP contribution in [0.25, 0.3) is 0 Å². The zero-order valence-corrected chi connectivity index (χ0v) is 10.2. The highest BCUT2D eigenvalue weighted by Gasteiger charge is 2.17. The zero-order valence-electron chi connectivity index (χ0n) is 10.2. The maximum atomic E-state index is 13.7. The summed E-state index contributed by atoms with van der Waals surface area (Å²) in [7, 11) is 0. The Morgan fingerprint density at radius 1 is 1.19 bits per heavy atom. The van der Waals surface area contributed by atoms with Crippen molar-refractivity contribution in [3.05, 3.63) is 29.1 Å². The second-order valence-corrected chi connectivity index (χ2v) is 4.50.